The molecule has 1 spiro atoms. The number of rotatable bonds is 3. The lowest BCUT2D eigenvalue weighted by molar-refractivity contribution is -0.138. The Hall–Kier alpha value is -1.69. The number of nitrogens with zero attached hydrogens (tertiary/aromatic N) is 4. The first-order chi connectivity index (χ1) is 10.2. The van der Waals surface area contributed by atoms with Gasteiger partial charge in [0.1, 0.15) is 5.82 Å². The van der Waals surface area contributed by atoms with Crippen LogP contribution >= 0.6 is 0 Å². The van der Waals surface area contributed by atoms with Crippen LogP contribution in [0.2, 0.25) is 0 Å². The van der Waals surface area contributed by atoms with Crippen LogP contribution in [-0.2, 0) is 4.79 Å². The molecule has 1 N–H and O–H groups in total. The summed E-state index contributed by atoms with van der Waals surface area (Å²) in [6, 6.07) is 0. The molecule has 1 atom stereocenters. The Kier molecular flexibility index (Phi) is 4.05. The third-order valence-corrected chi connectivity index (χ3v) is 4.65. The second-order valence-corrected chi connectivity index (χ2v) is 6.13. The van der Waals surface area contributed by atoms with E-state index in [2.05, 4.69) is 14.9 Å². The first kappa shape index (κ1) is 14.3. The van der Waals surface area contributed by atoms with E-state index >= 15 is 0 Å². The molecule has 1 amide bonds. The summed E-state index contributed by atoms with van der Waals surface area (Å²) >= 11 is 0. The lowest BCUT2D eigenvalue weighted by Crippen LogP contribution is -2.54. The van der Waals surface area contributed by atoms with Gasteiger partial charge in [0, 0.05) is 50.4 Å². The Morgan fingerprint density at radius 3 is 2.95 bits per heavy atom. The van der Waals surface area contributed by atoms with Gasteiger partial charge in [-0.15, -0.1) is 0 Å². The average molecular weight is 290 g/mol. The van der Waals surface area contributed by atoms with Gasteiger partial charge in [0.2, 0.25) is 5.91 Å². The molecule has 21 heavy (non-hydrogen) atoms. The monoisotopic (exact) mass is 290 g/mol. The summed E-state index contributed by atoms with van der Waals surface area (Å²) in [5.74, 6) is 1.09. The fraction of sp³-hybridized carbons (Fsp3) is 0.667. The molecule has 3 rings (SSSR count). The molecule has 0 bridgehead atoms. The molecule has 114 valence electrons. The van der Waals surface area contributed by atoms with Crippen molar-refractivity contribution in [3.63, 3.8) is 0 Å². The van der Waals surface area contributed by atoms with Gasteiger partial charge in [-0.3, -0.25) is 9.78 Å². The van der Waals surface area contributed by atoms with Gasteiger partial charge in [-0.05, 0) is 19.3 Å². The van der Waals surface area contributed by atoms with Gasteiger partial charge < -0.3 is 14.9 Å². The minimum absolute atomic E-state index is 0.0374. The van der Waals surface area contributed by atoms with Crippen molar-refractivity contribution >= 4 is 11.7 Å². The van der Waals surface area contributed by atoms with Gasteiger partial charge in [0.05, 0.1) is 12.8 Å². The van der Waals surface area contributed by atoms with Crippen LogP contribution in [0.25, 0.3) is 0 Å². The van der Waals surface area contributed by atoms with E-state index < -0.39 is 0 Å². The molecule has 6 nitrogen and oxygen atoms in total. The number of hydrogen-bond acceptors (Lipinski definition) is 5. The number of aliphatic hydroxyl groups is 1. The summed E-state index contributed by atoms with van der Waals surface area (Å²) in [6.07, 6.45) is 8.98. The molecule has 2 fully saturated rings. The molecule has 6 heteroatoms. The van der Waals surface area contributed by atoms with Crippen LogP contribution in [0.4, 0.5) is 5.82 Å². The highest BCUT2D eigenvalue weighted by atomic mass is 16.3. The number of carbonyl (C=O) groups is 1. The number of amides is 1. The zero-order valence-electron chi connectivity index (χ0n) is 12.2. The van der Waals surface area contributed by atoms with Gasteiger partial charge in [-0.2, -0.15) is 0 Å². The number of anilines is 1. The normalized spacial score (nSPS) is 26.4. The molecule has 0 aromatic carbocycles. The van der Waals surface area contributed by atoms with Gasteiger partial charge in [-0.25, -0.2) is 4.98 Å². The van der Waals surface area contributed by atoms with Crippen molar-refractivity contribution in [2.75, 3.05) is 37.7 Å². The Labute approximate surface area is 124 Å². The Morgan fingerprint density at radius 1 is 1.29 bits per heavy atom. The van der Waals surface area contributed by atoms with Gasteiger partial charge in [-0.1, -0.05) is 0 Å². The molecule has 0 radical (unpaired) electrons. The van der Waals surface area contributed by atoms with Crippen molar-refractivity contribution in [3.05, 3.63) is 18.6 Å². The van der Waals surface area contributed by atoms with Crippen molar-refractivity contribution < 1.29 is 9.90 Å². The third-order valence-electron chi connectivity index (χ3n) is 4.65. The van der Waals surface area contributed by atoms with Crippen LogP contribution in [-0.4, -0.2) is 58.7 Å². The maximum absolute atomic E-state index is 11.9. The molecule has 3 heterocycles. The fourth-order valence-electron chi connectivity index (χ4n) is 3.62. The lowest BCUT2D eigenvalue weighted by atomic mass is 9.73. The Morgan fingerprint density at radius 2 is 2.19 bits per heavy atom. The van der Waals surface area contributed by atoms with E-state index in [-0.39, 0.29) is 17.9 Å². The van der Waals surface area contributed by atoms with Crippen LogP contribution in [0.5, 0.6) is 0 Å². The van der Waals surface area contributed by atoms with E-state index in [1.807, 2.05) is 4.90 Å². The second kappa shape index (κ2) is 5.97. The van der Waals surface area contributed by atoms with Crippen LogP contribution in [0.15, 0.2) is 18.6 Å². The highest BCUT2D eigenvalue weighted by Gasteiger charge is 2.41. The topological polar surface area (TPSA) is 69.6 Å². The van der Waals surface area contributed by atoms with Gasteiger partial charge in [0.15, 0.2) is 0 Å². The van der Waals surface area contributed by atoms with Gasteiger partial charge in [0.25, 0.3) is 0 Å². The lowest BCUT2D eigenvalue weighted by Gasteiger charge is -2.48. The predicted molar refractivity (Wildman–Crippen MR) is 78.8 cm³/mol. The maximum atomic E-state index is 11.9. The van der Waals surface area contributed by atoms with Crippen molar-refractivity contribution in [3.8, 4) is 0 Å². The van der Waals surface area contributed by atoms with E-state index in [1.165, 1.54) is 0 Å². The largest absolute Gasteiger partial charge is 0.395 e. The highest BCUT2D eigenvalue weighted by molar-refractivity contribution is 5.77. The van der Waals surface area contributed by atoms with Crippen molar-refractivity contribution in [2.45, 2.75) is 25.7 Å². The van der Waals surface area contributed by atoms with Crippen LogP contribution in [0.1, 0.15) is 25.7 Å². The number of piperidine rings is 2. The maximum Gasteiger partial charge on any atom is 0.222 e. The molecule has 1 aromatic rings. The van der Waals surface area contributed by atoms with E-state index in [1.54, 1.807) is 18.6 Å². The van der Waals surface area contributed by atoms with Crippen molar-refractivity contribution in [1.29, 1.82) is 0 Å². The van der Waals surface area contributed by atoms with Crippen LogP contribution < -0.4 is 4.90 Å². The van der Waals surface area contributed by atoms with Crippen molar-refractivity contribution in [2.24, 2.45) is 5.41 Å². The Balaban J connectivity index is 1.74. The predicted octanol–water partition coefficient (Wildman–Crippen LogP) is 0.678. The highest BCUT2D eigenvalue weighted by Crippen LogP contribution is 2.39. The average Bonchev–Trinajstić information content (AvgIpc) is 2.53. The molecule has 2 aliphatic heterocycles. The molecule has 2 aliphatic rings. The number of aromatic nitrogens is 2. The summed E-state index contributed by atoms with van der Waals surface area (Å²) < 4.78 is 0. The summed E-state index contributed by atoms with van der Waals surface area (Å²) in [5, 5.41) is 9.13. The molecule has 1 aromatic heterocycles. The summed E-state index contributed by atoms with van der Waals surface area (Å²) in [5.41, 5.74) is 0.138. The zero-order chi connectivity index (χ0) is 14.7. The van der Waals surface area contributed by atoms with Crippen molar-refractivity contribution in [1.82, 2.24) is 14.9 Å². The van der Waals surface area contributed by atoms with Crippen LogP contribution in [0.3, 0.4) is 0 Å². The summed E-state index contributed by atoms with van der Waals surface area (Å²) in [7, 11) is 0. The summed E-state index contributed by atoms with van der Waals surface area (Å²) in [4.78, 5) is 24.6. The third kappa shape index (κ3) is 3.00. The fourth-order valence-corrected chi connectivity index (χ4v) is 3.62. The molecule has 2 saturated heterocycles. The quantitative estimate of drug-likeness (QED) is 0.886. The number of β-amino-alcohol motifs (C(OH)–C–C–N with tert-alkyl or cyclic N) is 1. The number of likely N-dealkylation sites (tertiary alicyclic amines) is 1. The SMILES string of the molecule is O=C1CC[C@@]2(CCCN(c3cnccn3)C2)CN1CCO. The Bertz CT molecular complexity index is 496. The van der Waals surface area contributed by atoms with Gasteiger partial charge >= 0.3 is 0 Å². The standard InChI is InChI=1S/C15H22N4O2/c20-9-8-19-12-15(4-2-14(19)21)3-1-7-18(11-15)13-10-16-5-6-17-13/h5-6,10,20H,1-4,7-9,11-12H2/t15-/m1/s1. The second-order valence-electron chi connectivity index (χ2n) is 6.13. The minimum atomic E-state index is 0.0374. The van der Waals surface area contributed by atoms with E-state index in [0.29, 0.717) is 13.0 Å². The molecular formula is C15H22N4O2. The van der Waals surface area contributed by atoms with E-state index in [9.17, 15) is 4.79 Å². The molecule has 0 saturated carbocycles. The first-order valence-corrected chi connectivity index (χ1v) is 7.62. The number of aliphatic hydroxyl groups excluding tert-OH is 1. The number of carbonyl (C=O) groups excluding carboxylic acids is 1. The smallest absolute Gasteiger partial charge is 0.222 e. The first-order valence-electron chi connectivity index (χ1n) is 7.62. The van der Waals surface area contributed by atoms with Crippen LogP contribution in [0, 0.1) is 5.41 Å². The summed E-state index contributed by atoms with van der Waals surface area (Å²) in [6.45, 7) is 3.15. The molecule has 0 aliphatic carbocycles. The minimum Gasteiger partial charge on any atom is -0.395 e. The number of hydrogen-bond donors (Lipinski definition) is 1. The molecular weight excluding hydrogens is 268 g/mol. The molecule has 0 unspecified atom stereocenters. The van der Waals surface area contributed by atoms with E-state index in [0.717, 1.165) is 44.7 Å². The zero-order valence-corrected chi connectivity index (χ0v) is 12.2. The van der Waals surface area contributed by atoms with E-state index in [4.69, 9.17) is 5.11 Å².